The van der Waals surface area contributed by atoms with Gasteiger partial charge in [-0.1, -0.05) is 6.07 Å². The monoisotopic (exact) mass is 382 g/mol. The highest BCUT2D eigenvalue weighted by Crippen LogP contribution is 2.39. The Morgan fingerprint density at radius 3 is 2.71 bits per heavy atom. The number of rotatable bonds is 4. The number of fused-ring (bicyclic) bond motifs is 1. The van der Waals surface area contributed by atoms with Gasteiger partial charge in [-0.05, 0) is 48.9 Å². The van der Waals surface area contributed by atoms with Gasteiger partial charge in [0.15, 0.2) is 17.3 Å². The number of benzene rings is 2. The van der Waals surface area contributed by atoms with Crippen LogP contribution < -0.4 is 24.4 Å². The number of ketones is 1. The van der Waals surface area contributed by atoms with E-state index in [4.69, 9.17) is 14.2 Å². The average molecular weight is 382 g/mol. The van der Waals surface area contributed by atoms with E-state index in [-0.39, 0.29) is 11.9 Å². The maximum atomic E-state index is 12.9. The van der Waals surface area contributed by atoms with Gasteiger partial charge in [0.05, 0.1) is 26.2 Å². The van der Waals surface area contributed by atoms with Crippen LogP contribution in [0.15, 0.2) is 36.4 Å². The molecule has 1 unspecified atom stereocenters. The van der Waals surface area contributed by atoms with Gasteiger partial charge < -0.3 is 24.4 Å². The van der Waals surface area contributed by atoms with Crippen LogP contribution in [0.5, 0.6) is 17.2 Å². The van der Waals surface area contributed by atoms with Crippen molar-refractivity contribution in [2.75, 3.05) is 45.3 Å². The summed E-state index contributed by atoms with van der Waals surface area (Å²) in [7, 11) is 3.20. The Bertz CT molecular complexity index is 860. The molecule has 6 heteroatoms. The first kappa shape index (κ1) is 18.6. The molecule has 0 aliphatic carbocycles. The molecule has 28 heavy (non-hydrogen) atoms. The van der Waals surface area contributed by atoms with Crippen LogP contribution in [0, 0.1) is 0 Å². The van der Waals surface area contributed by atoms with Crippen molar-refractivity contribution in [1.82, 2.24) is 5.32 Å². The smallest absolute Gasteiger partial charge is 0.170 e. The second-order valence-corrected chi connectivity index (χ2v) is 7.12. The number of Topliss-reactive ketones (excluding diaryl/α,β-unsaturated/α-hetero) is 1. The SMILES string of the molecule is COc1ccc(C2CC(=O)c3cc(N4CCCNCC4)ccc3O2)cc1OC. The lowest BCUT2D eigenvalue weighted by Crippen LogP contribution is -2.28. The minimum Gasteiger partial charge on any atom is -0.493 e. The molecule has 148 valence electrons. The third-order valence-electron chi connectivity index (χ3n) is 5.39. The van der Waals surface area contributed by atoms with Crippen molar-refractivity contribution in [2.24, 2.45) is 0 Å². The molecule has 0 saturated carbocycles. The molecule has 2 heterocycles. The van der Waals surface area contributed by atoms with Gasteiger partial charge in [0, 0.05) is 25.3 Å². The van der Waals surface area contributed by atoms with E-state index in [1.54, 1.807) is 14.2 Å². The van der Waals surface area contributed by atoms with Crippen molar-refractivity contribution in [1.29, 1.82) is 0 Å². The van der Waals surface area contributed by atoms with Gasteiger partial charge in [-0.25, -0.2) is 0 Å². The number of methoxy groups -OCH3 is 2. The molecule has 6 nitrogen and oxygen atoms in total. The zero-order valence-electron chi connectivity index (χ0n) is 16.4. The van der Waals surface area contributed by atoms with E-state index in [1.807, 2.05) is 30.3 Å². The highest BCUT2D eigenvalue weighted by molar-refractivity contribution is 6.01. The summed E-state index contributed by atoms with van der Waals surface area (Å²) in [6.07, 6.45) is 1.09. The molecule has 2 aromatic carbocycles. The third kappa shape index (κ3) is 3.64. The van der Waals surface area contributed by atoms with E-state index in [0.29, 0.717) is 29.2 Å². The quantitative estimate of drug-likeness (QED) is 0.876. The maximum Gasteiger partial charge on any atom is 0.170 e. The van der Waals surface area contributed by atoms with Crippen LogP contribution in [0.4, 0.5) is 5.69 Å². The predicted octanol–water partition coefficient (Wildman–Crippen LogP) is 3.21. The van der Waals surface area contributed by atoms with Crippen LogP contribution in [0.25, 0.3) is 0 Å². The number of hydrogen-bond donors (Lipinski definition) is 1. The Morgan fingerprint density at radius 1 is 1.04 bits per heavy atom. The van der Waals surface area contributed by atoms with Gasteiger partial charge in [-0.2, -0.15) is 0 Å². The van der Waals surface area contributed by atoms with Crippen LogP contribution in [0.1, 0.15) is 34.9 Å². The van der Waals surface area contributed by atoms with Crippen LogP contribution >= 0.6 is 0 Å². The number of carbonyl (C=O) groups excluding carboxylic acids is 1. The summed E-state index contributed by atoms with van der Waals surface area (Å²) in [6.45, 7) is 3.94. The van der Waals surface area contributed by atoms with Gasteiger partial charge in [0.25, 0.3) is 0 Å². The van der Waals surface area contributed by atoms with E-state index < -0.39 is 0 Å². The van der Waals surface area contributed by atoms with Crippen molar-refractivity contribution in [3.8, 4) is 17.2 Å². The van der Waals surface area contributed by atoms with Crippen molar-refractivity contribution < 1.29 is 19.0 Å². The van der Waals surface area contributed by atoms with Gasteiger partial charge in [0.1, 0.15) is 11.9 Å². The van der Waals surface area contributed by atoms with Gasteiger partial charge >= 0.3 is 0 Å². The highest BCUT2D eigenvalue weighted by Gasteiger charge is 2.29. The number of nitrogens with zero attached hydrogens (tertiary/aromatic N) is 1. The van der Waals surface area contributed by atoms with E-state index in [9.17, 15) is 4.79 Å². The zero-order chi connectivity index (χ0) is 19.5. The molecule has 1 saturated heterocycles. The summed E-state index contributed by atoms with van der Waals surface area (Å²) >= 11 is 0. The Hall–Kier alpha value is -2.73. The van der Waals surface area contributed by atoms with E-state index in [2.05, 4.69) is 16.3 Å². The summed E-state index contributed by atoms with van der Waals surface area (Å²) in [5, 5.41) is 3.41. The van der Waals surface area contributed by atoms with Gasteiger partial charge in [-0.15, -0.1) is 0 Å². The maximum absolute atomic E-state index is 12.9. The first-order chi connectivity index (χ1) is 13.7. The topological polar surface area (TPSA) is 60.0 Å². The first-order valence-corrected chi connectivity index (χ1v) is 9.71. The first-order valence-electron chi connectivity index (χ1n) is 9.71. The largest absolute Gasteiger partial charge is 0.493 e. The third-order valence-corrected chi connectivity index (χ3v) is 5.39. The minimum atomic E-state index is -0.326. The molecule has 0 amide bonds. The molecule has 0 bridgehead atoms. The fraction of sp³-hybridized carbons (Fsp3) is 0.409. The lowest BCUT2D eigenvalue weighted by atomic mass is 9.95. The molecule has 0 radical (unpaired) electrons. The average Bonchev–Trinajstić information content (AvgIpc) is 3.02. The van der Waals surface area contributed by atoms with E-state index in [0.717, 1.165) is 43.9 Å². The molecule has 1 N–H and O–H groups in total. The number of nitrogens with one attached hydrogen (secondary N) is 1. The Balaban J connectivity index is 1.58. The summed E-state index contributed by atoms with van der Waals surface area (Å²) in [5.74, 6) is 2.04. The van der Waals surface area contributed by atoms with E-state index in [1.165, 1.54) is 0 Å². The molecule has 1 atom stereocenters. The summed E-state index contributed by atoms with van der Waals surface area (Å²) in [5.41, 5.74) is 2.66. The normalized spacial score (nSPS) is 19.4. The highest BCUT2D eigenvalue weighted by atomic mass is 16.5. The number of ether oxygens (including phenoxy) is 3. The number of hydrogen-bond acceptors (Lipinski definition) is 6. The predicted molar refractivity (Wildman–Crippen MR) is 108 cm³/mol. The van der Waals surface area contributed by atoms with Crippen LogP contribution in [0.3, 0.4) is 0 Å². The molecule has 2 aliphatic rings. The fourth-order valence-corrected chi connectivity index (χ4v) is 3.85. The fourth-order valence-electron chi connectivity index (χ4n) is 3.85. The second-order valence-electron chi connectivity index (χ2n) is 7.12. The number of anilines is 1. The Kier molecular flexibility index (Phi) is 5.39. The summed E-state index contributed by atoms with van der Waals surface area (Å²) < 4.78 is 16.9. The van der Waals surface area contributed by atoms with E-state index >= 15 is 0 Å². The molecule has 2 aromatic rings. The van der Waals surface area contributed by atoms with Gasteiger partial charge in [-0.3, -0.25) is 4.79 Å². The van der Waals surface area contributed by atoms with Crippen molar-refractivity contribution in [3.05, 3.63) is 47.5 Å². The van der Waals surface area contributed by atoms with Crippen LogP contribution in [-0.4, -0.2) is 46.2 Å². The summed E-state index contributed by atoms with van der Waals surface area (Å²) in [6, 6.07) is 11.6. The van der Waals surface area contributed by atoms with Crippen molar-refractivity contribution in [3.63, 3.8) is 0 Å². The molecule has 2 aliphatic heterocycles. The Morgan fingerprint density at radius 2 is 1.89 bits per heavy atom. The van der Waals surface area contributed by atoms with Gasteiger partial charge in [0.2, 0.25) is 0 Å². The summed E-state index contributed by atoms with van der Waals surface area (Å²) in [4.78, 5) is 15.2. The standard InChI is InChI=1S/C22H26N2O4/c1-26-20-6-4-15(12-22(20)27-2)21-14-18(25)17-13-16(5-7-19(17)28-21)24-10-3-8-23-9-11-24/h4-7,12-13,21,23H,3,8-11,14H2,1-2H3. The zero-order valence-corrected chi connectivity index (χ0v) is 16.4. The lowest BCUT2D eigenvalue weighted by Gasteiger charge is -2.28. The minimum absolute atomic E-state index is 0.107. The van der Waals surface area contributed by atoms with Crippen LogP contribution in [-0.2, 0) is 0 Å². The molecule has 4 rings (SSSR count). The number of carbonyl (C=O) groups is 1. The van der Waals surface area contributed by atoms with Crippen molar-refractivity contribution in [2.45, 2.75) is 18.9 Å². The Labute approximate surface area is 165 Å². The van der Waals surface area contributed by atoms with Crippen LogP contribution in [0.2, 0.25) is 0 Å². The molecule has 1 fully saturated rings. The lowest BCUT2D eigenvalue weighted by molar-refractivity contribution is 0.0850. The molecule has 0 spiro atoms. The molecule has 0 aromatic heterocycles. The molecular weight excluding hydrogens is 356 g/mol. The van der Waals surface area contributed by atoms with Crippen molar-refractivity contribution >= 4 is 11.5 Å². The molecular formula is C22H26N2O4. The second kappa shape index (κ2) is 8.10.